The maximum atomic E-state index is 11.0. The van der Waals surface area contributed by atoms with Crippen molar-refractivity contribution in [2.45, 2.75) is 26.4 Å². The summed E-state index contributed by atoms with van der Waals surface area (Å²) in [6.45, 7) is 2.35. The van der Waals surface area contributed by atoms with Crippen molar-refractivity contribution in [3.05, 3.63) is 71.8 Å². The van der Waals surface area contributed by atoms with Crippen LogP contribution in [0.2, 0.25) is 0 Å². The van der Waals surface area contributed by atoms with E-state index < -0.39 is 5.97 Å². The zero-order valence-electron chi connectivity index (χ0n) is 12.6. The van der Waals surface area contributed by atoms with Crippen molar-refractivity contribution in [2.75, 3.05) is 0 Å². The molecule has 0 amide bonds. The van der Waals surface area contributed by atoms with Crippen molar-refractivity contribution >= 4 is 11.9 Å². The second-order valence-electron chi connectivity index (χ2n) is 4.57. The third-order valence-electron chi connectivity index (χ3n) is 2.72. The highest BCUT2D eigenvalue weighted by atomic mass is 16.5. The third-order valence-corrected chi connectivity index (χ3v) is 2.72. The van der Waals surface area contributed by atoms with Crippen LogP contribution in [0.3, 0.4) is 0 Å². The molecule has 2 aromatic rings. The molecular formula is C18H20O4. The second-order valence-corrected chi connectivity index (χ2v) is 4.57. The first kappa shape index (κ1) is 17.4. The molecule has 0 atom stereocenters. The van der Waals surface area contributed by atoms with Gasteiger partial charge >= 0.3 is 11.9 Å². The van der Waals surface area contributed by atoms with Gasteiger partial charge in [0.25, 0.3) is 0 Å². The Morgan fingerprint density at radius 2 is 1.50 bits per heavy atom. The summed E-state index contributed by atoms with van der Waals surface area (Å²) in [5.74, 6) is -0.998. The van der Waals surface area contributed by atoms with E-state index >= 15 is 0 Å². The Morgan fingerprint density at radius 1 is 0.955 bits per heavy atom. The normalized spacial score (nSPS) is 9.32. The lowest BCUT2D eigenvalue weighted by molar-refractivity contribution is -0.144. The van der Waals surface area contributed by atoms with E-state index in [4.69, 9.17) is 9.84 Å². The highest BCUT2D eigenvalue weighted by molar-refractivity contribution is 5.87. The molecule has 2 rings (SSSR count). The number of hydrogen-bond acceptors (Lipinski definition) is 3. The van der Waals surface area contributed by atoms with E-state index in [2.05, 4.69) is 0 Å². The highest BCUT2D eigenvalue weighted by Gasteiger charge is 2.00. The van der Waals surface area contributed by atoms with Crippen molar-refractivity contribution in [2.24, 2.45) is 0 Å². The molecule has 1 N–H and O–H groups in total. The van der Waals surface area contributed by atoms with Gasteiger partial charge in [0.15, 0.2) is 0 Å². The van der Waals surface area contributed by atoms with Crippen LogP contribution in [0, 0.1) is 0 Å². The molecular weight excluding hydrogens is 280 g/mol. The lowest BCUT2D eigenvalue weighted by Gasteiger charge is -2.02. The highest BCUT2D eigenvalue weighted by Crippen LogP contribution is 2.02. The van der Waals surface area contributed by atoms with Gasteiger partial charge in [-0.25, -0.2) is 4.79 Å². The van der Waals surface area contributed by atoms with E-state index in [1.165, 1.54) is 0 Å². The largest absolute Gasteiger partial charge is 0.478 e. The van der Waals surface area contributed by atoms with Crippen molar-refractivity contribution in [1.29, 1.82) is 0 Å². The summed E-state index contributed by atoms with van der Waals surface area (Å²) < 4.78 is 5.03. The van der Waals surface area contributed by atoms with Crippen LogP contribution in [-0.2, 0) is 16.1 Å². The Hall–Kier alpha value is -2.62. The standard InChI is InChI=1S/C11H14O2.C7H6O2/c1-2-6-11(12)13-9-10-7-4-3-5-8-10;8-7(9)6-4-2-1-3-5-6/h3-5,7-8H,2,6,9H2,1H3;1-5H,(H,8,9). The monoisotopic (exact) mass is 300 g/mol. The number of carbonyl (C=O) groups excluding carboxylic acids is 1. The molecule has 2 aromatic carbocycles. The molecule has 116 valence electrons. The van der Waals surface area contributed by atoms with Gasteiger partial charge in [0.05, 0.1) is 5.56 Å². The van der Waals surface area contributed by atoms with Gasteiger partial charge in [-0.05, 0) is 24.1 Å². The molecule has 0 fully saturated rings. The van der Waals surface area contributed by atoms with Crippen molar-refractivity contribution in [3.8, 4) is 0 Å². The van der Waals surface area contributed by atoms with E-state index in [0.29, 0.717) is 18.6 Å². The molecule has 0 saturated carbocycles. The first-order chi connectivity index (χ1) is 10.6. The van der Waals surface area contributed by atoms with Crippen LogP contribution >= 0.6 is 0 Å². The molecule has 0 heterocycles. The second kappa shape index (κ2) is 10.2. The van der Waals surface area contributed by atoms with Crippen molar-refractivity contribution in [1.82, 2.24) is 0 Å². The molecule has 4 heteroatoms. The van der Waals surface area contributed by atoms with Crippen LogP contribution in [-0.4, -0.2) is 17.0 Å². The summed E-state index contributed by atoms with van der Waals surface area (Å²) in [7, 11) is 0. The van der Waals surface area contributed by atoms with E-state index in [-0.39, 0.29) is 5.97 Å². The smallest absolute Gasteiger partial charge is 0.335 e. The lowest BCUT2D eigenvalue weighted by Crippen LogP contribution is -2.03. The Kier molecular flexibility index (Phi) is 8.05. The molecule has 0 spiro atoms. The van der Waals surface area contributed by atoms with Crippen LogP contribution in [0.4, 0.5) is 0 Å². The SMILES string of the molecule is CCCC(=O)OCc1ccccc1.O=C(O)c1ccccc1. The van der Waals surface area contributed by atoms with E-state index in [9.17, 15) is 9.59 Å². The molecule has 0 unspecified atom stereocenters. The van der Waals surface area contributed by atoms with Gasteiger partial charge in [-0.15, -0.1) is 0 Å². The Balaban J connectivity index is 0.000000235. The minimum Gasteiger partial charge on any atom is -0.478 e. The molecule has 0 radical (unpaired) electrons. The van der Waals surface area contributed by atoms with Gasteiger partial charge in [-0.2, -0.15) is 0 Å². The van der Waals surface area contributed by atoms with Gasteiger partial charge in [0.2, 0.25) is 0 Å². The predicted octanol–water partition coefficient (Wildman–Crippen LogP) is 3.91. The molecule has 22 heavy (non-hydrogen) atoms. The average Bonchev–Trinajstić information content (AvgIpc) is 2.56. The Labute approximate surface area is 130 Å². The molecule has 0 aliphatic heterocycles. The average molecular weight is 300 g/mol. The quantitative estimate of drug-likeness (QED) is 0.850. The van der Waals surface area contributed by atoms with Crippen molar-refractivity contribution < 1.29 is 19.4 Å². The summed E-state index contributed by atoms with van der Waals surface area (Å²) in [6.07, 6.45) is 1.35. The van der Waals surface area contributed by atoms with Crippen LogP contribution in [0.25, 0.3) is 0 Å². The number of hydrogen-bond donors (Lipinski definition) is 1. The number of rotatable bonds is 5. The summed E-state index contributed by atoms with van der Waals surface area (Å²) in [6, 6.07) is 18.0. The summed E-state index contributed by atoms with van der Waals surface area (Å²) in [5.41, 5.74) is 1.37. The Bertz CT molecular complexity index is 564. The van der Waals surface area contributed by atoms with Crippen molar-refractivity contribution in [3.63, 3.8) is 0 Å². The molecule has 0 saturated heterocycles. The third kappa shape index (κ3) is 7.24. The lowest BCUT2D eigenvalue weighted by atomic mass is 10.2. The number of carboxylic acid groups (broad SMARTS) is 1. The zero-order chi connectivity index (χ0) is 16.2. The maximum Gasteiger partial charge on any atom is 0.335 e. The number of benzene rings is 2. The van der Waals surface area contributed by atoms with Gasteiger partial charge in [0.1, 0.15) is 6.61 Å². The number of aromatic carboxylic acids is 1. The van der Waals surface area contributed by atoms with Crippen LogP contribution in [0.1, 0.15) is 35.7 Å². The van der Waals surface area contributed by atoms with E-state index in [1.54, 1.807) is 30.3 Å². The van der Waals surface area contributed by atoms with E-state index in [1.807, 2.05) is 37.3 Å². The van der Waals surface area contributed by atoms with Gasteiger partial charge < -0.3 is 9.84 Å². The summed E-state index contributed by atoms with van der Waals surface area (Å²) in [5, 5.41) is 8.38. The molecule has 0 aliphatic rings. The van der Waals surface area contributed by atoms with E-state index in [0.717, 1.165) is 12.0 Å². The Morgan fingerprint density at radius 3 is 1.95 bits per heavy atom. The van der Waals surface area contributed by atoms with Gasteiger partial charge in [-0.1, -0.05) is 55.5 Å². The molecule has 0 aromatic heterocycles. The fraction of sp³-hybridized carbons (Fsp3) is 0.222. The number of esters is 1. The van der Waals surface area contributed by atoms with Crippen LogP contribution in [0.15, 0.2) is 60.7 Å². The molecule has 0 aliphatic carbocycles. The number of carbonyl (C=O) groups is 2. The minimum absolute atomic E-state index is 0.119. The van der Waals surface area contributed by atoms with Gasteiger partial charge in [0, 0.05) is 6.42 Å². The minimum atomic E-state index is -0.879. The zero-order valence-corrected chi connectivity index (χ0v) is 12.6. The molecule has 0 bridgehead atoms. The summed E-state index contributed by atoms with van der Waals surface area (Å²) in [4.78, 5) is 21.2. The fourth-order valence-electron chi connectivity index (χ4n) is 1.60. The maximum absolute atomic E-state index is 11.0. The van der Waals surface area contributed by atoms with Crippen LogP contribution in [0.5, 0.6) is 0 Å². The number of ether oxygens (including phenoxy) is 1. The van der Waals surface area contributed by atoms with Gasteiger partial charge in [-0.3, -0.25) is 4.79 Å². The summed E-state index contributed by atoms with van der Waals surface area (Å²) >= 11 is 0. The topological polar surface area (TPSA) is 63.6 Å². The first-order valence-electron chi connectivity index (χ1n) is 7.11. The van der Waals surface area contributed by atoms with Crippen LogP contribution < -0.4 is 0 Å². The number of carboxylic acids is 1. The first-order valence-corrected chi connectivity index (χ1v) is 7.11. The fourth-order valence-corrected chi connectivity index (χ4v) is 1.60. The molecule has 4 nitrogen and oxygen atoms in total. The predicted molar refractivity (Wildman–Crippen MR) is 84.5 cm³/mol.